The first kappa shape index (κ1) is 9.38. The SMILES string of the molecule is CCOc1cnc2nc(N)[nH]c(=O)c2n1. The Morgan fingerprint density at radius 1 is 1.53 bits per heavy atom. The van der Waals surface area contributed by atoms with E-state index in [0.717, 1.165) is 0 Å². The van der Waals surface area contributed by atoms with Crippen LogP contribution in [0, 0.1) is 0 Å². The quantitative estimate of drug-likeness (QED) is 0.699. The predicted octanol–water partition coefficient (Wildman–Crippen LogP) is -0.306. The lowest BCUT2D eigenvalue weighted by Gasteiger charge is -2.01. The number of H-pyrrole nitrogens is 1. The molecule has 0 amide bonds. The maximum atomic E-state index is 11.4. The fraction of sp³-hybridized carbons (Fsp3) is 0.250. The van der Waals surface area contributed by atoms with Gasteiger partial charge in [0.2, 0.25) is 11.8 Å². The number of nitrogens with zero attached hydrogens (tertiary/aromatic N) is 3. The van der Waals surface area contributed by atoms with Crippen LogP contribution in [0.3, 0.4) is 0 Å². The molecule has 0 unspecified atom stereocenters. The van der Waals surface area contributed by atoms with Crippen LogP contribution in [0.25, 0.3) is 11.2 Å². The summed E-state index contributed by atoms with van der Waals surface area (Å²) in [5, 5.41) is 0. The lowest BCUT2D eigenvalue weighted by molar-refractivity contribution is 0.326. The van der Waals surface area contributed by atoms with Crippen LogP contribution >= 0.6 is 0 Å². The van der Waals surface area contributed by atoms with Crippen molar-refractivity contribution in [3.63, 3.8) is 0 Å². The van der Waals surface area contributed by atoms with E-state index in [1.165, 1.54) is 6.20 Å². The normalized spacial score (nSPS) is 10.5. The molecule has 2 aromatic heterocycles. The lowest BCUT2D eigenvalue weighted by Crippen LogP contribution is -2.13. The Labute approximate surface area is 84.3 Å². The Morgan fingerprint density at radius 3 is 3.07 bits per heavy atom. The molecule has 7 heteroatoms. The summed E-state index contributed by atoms with van der Waals surface area (Å²) in [6.07, 6.45) is 1.40. The Bertz CT molecular complexity index is 550. The van der Waals surface area contributed by atoms with Crippen LogP contribution in [-0.2, 0) is 0 Å². The van der Waals surface area contributed by atoms with Gasteiger partial charge in [0, 0.05) is 0 Å². The molecular weight excluding hydrogens is 198 g/mol. The molecule has 3 N–H and O–H groups in total. The van der Waals surface area contributed by atoms with Crippen LogP contribution in [0.5, 0.6) is 5.88 Å². The fourth-order valence-corrected chi connectivity index (χ4v) is 1.14. The molecule has 7 nitrogen and oxygen atoms in total. The number of nitrogens with one attached hydrogen (secondary N) is 1. The van der Waals surface area contributed by atoms with Gasteiger partial charge in [-0.2, -0.15) is 4.98 Å². The predicted molar refractivity (Wildman–Crippen MR) is 53.5 cm³/mol. The second kappa shape index (κ2) is 3.52. The molecule has 0 fully saturated rings. The Hall–Kier alpha value is -2.18. The molecule has 0 aromatic carbocycles. The van der Waals surface area contributed by atoms with Crippen molar-refractivity contribution in [2.24, 2.45) is 0 Å². The summed E-state index contributed by atoms with van der Waals surface area (Å²) in [7, 11) is 0. The van der Waals surface area contributed by atoms with Gasteiger partial charge in [-0.3, -0.25) is 9.78 Å². The first-order valence-electron chi connectivity index (χ1n) is 4.36. The van der Waals surface area contributed by atoms with E-state index in [9.17, 15) is 4.79 Å². The van der Waals surface area contributed by atoms with Crippen molar-refractivity contribution in [3.05, 3.63) is 16.6 Å². The molecule has 0 atom stereocenters. The number of hydrogen-bond donors (Lipinski definition) is 2. The van der Waals surface area contributed by atoms with Crippen molar-refractivity contribution in [3.8, 4) is 5.88 Å². The lowest BCUT2D eigenvalue weighted by atomic mass is 10.5. The molecule has 2 heterocycles. The summed E-state index contributed by atoms with van der Waals surface area (Å²) in [5.41, 5.74) is 5.26. The maximum Gasteiger partial charge on any atom is 0.280 e. The summed E-state index contributed by atoms with van der Waals surface area (Å²) >= 11 is 0. The number of hydrogen-bond acceptors (Lipinski definition) is 6. The van der Waals surface area contributed by atoms with E-state index in [4.69, 9.17) is 10.5 Å². The van der Waals surface area contributed by atoms with Crippen LogP contribution in [0.2, 0.25) is 0 Å². The Balaban J connectivity index is 2.66. The number of aromatic amines is 1. The highest BCUT2D eigenvalue weighted by molar-refractivity contribution is 5.69. The molecule has 0 bridgehead atoms. The van der Waals surface area contributed by atoms with Crippen molar-refractivity contribution < 1.29 is 4.74 Å². The first-order valence-corrected chi connectivity index (χ1v) is 4.36. The van der Waals surface area contributed by atoms with Crippen LogP contribution in [0.1, 0.15) is 6.92 Å². The number of anilines is 1. The van der Waals surface area contributed by atoms with E-state index < -0.39 is 5.56 Å². The highest BCUT2D eigenvalue weighted by Crippen LogP contribution is 2.08. The fourth-order valence-electron chi connectivity index (χ4n) is 1.14. The van der Waals surface area contributed by atoms with Gasteiger partial charge in [-0.05, 0) is 6.92 Å². The topological polar surface area (TPSA) is 107 Å². The zero-order chi connectivity index (χ0) is 10.8. The molecule has 0 saturated carbocycles. The molecule has 0 aliphatic rings. The van der Waals surface area contributed by atoms with Crippen LogP contribution in [0.4, 0.5) is 5.95 Å². The molecule has 0 spiro atoms. The first-order chi connectivity index (χ1) is 7.20. The number of aromatic nitrogens is 4. The van der Waals surface area contributed by atoms with Crippen molar-refractivity contribution in [1.82, 2.24) is 19.9 Å². The summed E-state index contributed by atoms with van der Waals surface area (Å²) in [5.74, 6) is 0.313. The second-order valence-electron chi connectivity index (χ2n) is 2.76. The van der Waals surface area contributed by atoms with Gasteiger partial charge in [-0.25, -0.2) is 9.97 Å². The van der Waals surface area contributed by atoms with E-state index >= 15 is 0 Å². The van der Waals surface area contributed by atoms with Crippen LogP contribution in [0.15, 0.2) is 11.0 Å². The van der Waals surface area contributed by atoms with E-state index in [2.05, 4.69) is 19.9 Å². The van der Waals surface area contributed by atoms with Crippen molar-refractivity contribution >= 4 is 17.1 Å². The number of nitrogen functional groups attached to an aromatic ring is 1. The zero-order valence-corrected chi connectivity index (χ0v) is 8.02. The Morgan fingerprint density at radius 2 is 2.33 bits per heavy atom. The van der Waals surface area contributed by atoms with Gasteiger partial charge in [-0.15, -0.1) is 0 Å². The zero-order valence-electron chi connectivity index (χ0n) is 8.02. The highest BCUT2D eigenvalue weighted by atomic mass is 16.5. The number of nitrogens with two attached hydrogens (primary N) is 1. The van der Waals surface area contributed by atoms with Gasteiger partial charge >= 0.3 is 0 Å². The van der Waals surface area contributed by atoms with Crippen LogP contribution in [-0.4, -0.2) is 26.5 Å². The third-order valence-corrected chi connectivity index (χ3v) is 1.71. The number of ether oxygens (including phenoxy) is 1. The maximum absolute atomic E-state index is 11.4. The summed E-state index contributed by atoms with van der Waals surface area (Å²) < 4.78 is 5.11. The minimum absolute atomic E-state index is 0.0194. The van der Waals surface area contributed by atoms with Gasteiger partial charge in [0.25, 0.3) is 5.56 Å². The molecule has 0 radical (unpaired) electrons. The molecule has 15 heavy (non-hydrogen) atoms. The molecule has 0 saturated heterocycles. The molecule has 0 aliphatic heterocycles. The summed E-state index contributed by atoms with van der Waals surface area (Å²) in [6, 6.07) is 0. The van der Waals surface area contributed by atoms with Crippen molar-refractivity contribution in [1.29, 1.82) is 0 Å². The average molecular weight is 207 g/mol. The molecular formula is C8H9N5O2. The molecule has 2 rings (SSSR count). The number of rotatable bonds is 2. The van der Waals surface area contributed by atoms with Crippen molar-refractivity contribution in [2.45, 2.75) is 6.92 Å². The van der Waals surface area contributed by atoms with Gasteiger partial charge in [-0.1, -0.05) is 0 Å². The van der Waals surface area contributed by atoms with Gasteiger partial charge in [0.15, 0.2) is 11.2 Å². The molecule has 78 valence electrons. The third-order valence-electron chi connectivity index (χ3n) is 1.71. The van der Waals surface area contributed by atoms with Gasteiger partial charge in [0.1, 0.15) is 0 Å². The summed E-state index contributed by atoms with van der Waals surface area (Å²) in [4.78, 5) is 25.5. The van der Waals surface area contributed by atoms with E-state index in [1.807, 2.05) is 6.92 Å². The van der Waals surface area contributed by atoms with Gasteiger partial charge < -0.3 is 10.5 Å². The largest absolute Gasteiger partial charge is 0.477 e. The van der Waals surface area contributed by atoms with E-state index in [-0.39, 0.29) is 17.1 Å². The van der Waals surface area contributed by atoms with Crippen LogP contribution < -0.4 is 16.0 Å². The smallest absolute Gasteiger partial charge is 0.280 e. The minimum Gasteiger partial charge on any atom is -0.477 e. The minimum atomic E-state index is -0.424. The third kappa shape index (κ3) is 1.71. The monoisotopic (exact) mass is 207 g/mol. The highest BCUT2D eigenvalue weighted by Gasteiger charge is 2.06. The van der Waals surface area contributed by atoms with E-state index in [0.29, 0.717) is 12.5 Å². The average Bonchev–Trinajstić information content (AvgIpc) is 2.19. The number of fused-ring (bicyclic) bond motifs is 1. The van der Waals surface area contributed by atoms with Crippen molar-refractivity contribution in [2.75, 3.05) is 12.3 Å². The second-order valence-corrected chi connectivity index (χ2v) is 2.76. The Kier molecular flexibility index (Phi) is 2.20. The van der Waals surface area contributed by atoms with Gasteiger partial charge in [0.05, 0.1) is 12.8 Å². The summed E-state index contributed by atoms with van der Waals surface area (Å²) in [6.45, 7) is 2.28. The van der Waals surface area contributed by atoms with E-state index in [1.54, 1.807) is 0 Å². The molecule has 2 aromatic rings. The molecule has 0 aliphatic carbocycles. The standard InChI is InChI=1S/C8H9N5O2/c1-2-15-4-3-10-6-5(11-4)7(14)13-8(9)12-6/h3H,2H2,1H3,(H3,9,10,12,13,14).